The van der Waals surface area contributed by atoms with Gasteiger partial charge < -0.3 is 42.7 Å². The normalized spacial score (nSPS) is 14.3. The maximum atomic E-state index is 12.8. The Kier molecular flexibility index (Phi) is 14.4. The molecular formula is C18H31N5O9S. The topological polar surface area (TPSA) is 251 Å². The van der Waals surface area contributed by atoms with Crippen molar-refractivity contribution in [3.05, 3.63) is 0 Å². The molecule has 0 bridgehead atoms. The first-order chi connectivity index (χ1) is 15.4. The van der Waals surface area contributed by atoms with Crippen LogP contribution in [0.2, 0.25) is 0 Å². The standard InChI is InChI=1S/C18H31N5O9S/c1-33-7-6-11(17(30)23-12(8-24)18(31)32)22-16(29)10(3-5-14(26)27)21-15(28)9(19)2-4-13(20)25/h9-12,24H,2-8,19H2,1H3,(H2,20,25)(H,21,28)(H,22,29)(H,23,30)(H,26,27)(H,31,32). The molecule has 4 unspecified atom stereocenters. The van der Waals surface area contributed by atoms with Gasteiger partial charge in [0.05, 0.1) is 12.6 Å². The largest absolute Gasteiger partial charge is 0.481 e. The molecule has 0 aromatic rings. The Labute approximate surface area is 194 Å². The minimum Gasteiger partial charge on any atom is -0.481 e. The number of carboxylic acids is 2. The number of hydrogen-bond donors (Lipinski definition) is 8. The smallest absolute Gasteiger partial charge is 0.328 e. The van der Waals surface area contributed by atoms with Gasteiger partial charge in [0, 0.05) is 12.8 Å². The molecule has 0 spiro atoms. The Morgan fingerprint density at radius 2 is 1.33 bits per heavy atom. The molecule has 0 aromatic heterocycles. The van der Waals surface area contributed by atoms with Gasteiger partial charge in [0.1, 0.15) is 18.1 Å². The highest BCUT2D eigenvalue weighted by molar-refractivity contribution is 7.98. The Bertz CT molecular complexity index is 721. The number of aliphatic hydroxyl groups is 1. The molecule has 0 radical (unpaired) electrons. The van der Waals surface area contributed by atoms with E-state index in [9.17, 15) is 28.8 Å². The minimum absolute atomic E-state index is 0.0915. The highest BCUT2D eigenvalue weighted by Crippen LogP contribution is 2.06. The fourth-order valence-corrected chi connectivity index (χ4v) is 2.95. The minimum atomic E-state index is -1.59. The molecule has 0 saturated heterocycles. The third-order valence-electron chi connectivity index (χ3n) is 4.36. The molecule has 0 aliphatic heterocycles. The van der Waals surface area contributed by atoms with Crippen LogP contribution in [0.3, 0.4) is 0 Å². The van der Waals surface area contributed by atoms with E-state index < -0.39 is 72.8 Å². The molecule has 188 valence electrons. The zero-order chi connectivity index (χ0) is 25.6. The molecule has 0 rings (SSSR count). The first kappa shape index (κ1) is 30.1. The molecule has 4 atom stereocenters. The van der Waals surface area contributed by atoms with Gasteiger partial charge in [-0.1, -0.05) is 0 Å². The van der Waals surface area contributed by atoms with Gasteiger partial charge in [0.25, 0.3) is 0 Å². The van der Waals surface area contributed by atoms with Crippen LogP contribution in [-0.4, -0.2) is 93.7 Å². The lowest BCUT2D eigenvalue weighted by Gasteiger charge is -2.24. The SMILES string of the molecule is CSCCC(NC(=O)C(CCC(=O)O)NC(=O)C(N)CCC(N)=O)C(=O)NC(CO)C(=O)O. The van der Waals surface area contributed by atoms with Gasteiger partial charge in [0.2, 0.25) is 23.6 Å². The van der Waals surface area contributed by atoms with Crippen molar-refractivity contribution in [3.8, 4) is 0 Å². The number of thioether (sulfide) groups is 1. The number of carbonyl (C=O) groups is 6. The highest BCUT2D eigenvalue weighted by Gasteiger charge is 2.30. The van der Waals surface area contributed by atoms with Crippen LogP contribution in [0.5, 0.6) is 0 Å². The molecule has 0 aliphatic carbocycles. The van der Waals surface area contributed by atoms with Crippen LogP contribution in [0.4, 0.5) is 0 Å². The van der Waals surface area contributed by atoms with Gasteiger partial charge in [-0.05, 0) is 31.3 Å². The summed E-state index contributed by atoms with van der Waals surface area (Å²) in [5, 5.41) is 33.8. The van der Waals surface area contributed by atoms with Gasteiger partial charge in [0.15, 0.2) is 0 Å². The number of aliphatic carboxylic acids is 2. The van der Waals surface area contributed by atoms with Crippen molar-refractivity contribution in [2.75, 3.05) is 18.6 Å². The average Bonchev–Trinajstić information content (AvgIpc) is 2.74. The van der Waals surface area contributed by atoms with Crippen LogP contribution in [0.1, 0.15) is 32.1 Å². The van der Waals surface area contributed by atoms with Crippen molar-refractivity contribution < 1.29 is 44.1 Å². The summed E-state index contributed by atoms with van der Waals surface area (Å²) in [4.78, 5) is 70.4. The van der Waals surface area contributed by atoms with Crippen LogP contribution >= 0.6 is 11.8 Å². The van der Waals surface area contributed by atoms with Crippen LogP contribution in [0.15, 0.2) is 0 Å². The van der Waals surface area contributed by atoms with Gasteiger partial charge in [-0.2, -0.15) is 11.8 Å². The maximum Gasteiger partial charge on any atom is 0.328 e. The molecule has 15 heteroatoms. The number of aliphatic hydroxyl groups excluding tert-OH is 1. The van der Waals surface area contributed by atoms with Crippen LogP contribution < -0.4 is 27.4 Å². The number of nitrogens with two attached hydrogens (primary N) is 2. The van der Waals surface area contributed by atoms with Crippen LogP contribution in [0, 0.1) is 0 Å². The zero-order valence-electron chi connectivity index (χ0n) is 18.1. The van der Waals surface area contributed by atoms with Crippen molar-refractivity contribution in [1.82, 2.24) is 16.0 Å². The predicted molar refractivity (Wildman–Crippen MR) is 117 cm³/mol. The quantitative estimate of drug-likeness (QED) is 0.0997. The molecule has 0 aromatic carbocycles. The number of hydrogen-bond acceptors (Lipinski definition) is 9. The molecule has 0 heterocycles. The second kappa shape index (κ2) is 15.8. The van der Waals surface area contributed by atoms with E-state index in [1.165, 1.54) is 11.8 Å². The third-order valence-corrected chi connectivity index (χ3v) is 5.00. The third kappa shape index (κ3) is 12.6. The lowest BCUT2D eigenvalue weighted by molar-refractivity contribution is -0.143. The van der Waals surface area contributed by atoms with E-state index in [-0.39, 0.29) is 25.7 Å². The number of rotatable bonds is 17. The molecule has 0 aliphatic rings. The van der Waals surface area contributed by atoms with E-state index in [1.54, 1.807) is 6.26 Å². The van der Waals surface area contributed by atoms with Gasteiger partial charge in [-0.25, -0.2) is 4.79 Å². The summed E-state index contributed by atoms with van der Waals surface area (Å²) in [6, 6.07) is -5.36. The van der Waals surface area contributed by atoms with Gasteiger partial charge in [-0.3, -0.25) is 24.0 Å². The lowest BCUT2D eigenvalue weighted by atomic mass is 10.1. The molecule has 14 nitrogen and oxygen atoms in total. The Balaban J connectivity index is 5.41. The summed E-state index contributed by atoms with van der Waals surface area (Å²) in [6.07, 6.45) is 0.767. The number of primary amides is 1. The van der Waals surface area contributed by atoms with Crippen molar-refractivity contribution in [2.24, 2.45) is 11.5 Å². The van der Waals surface area contributed by atoms with E-state index in [0.29, 0.717) is 5.75 Å². The van der Waals surface area contributed by atoms with Crippen LogP contribution in [-0.2, 0) is 28.8 Å². The molecule has 4 amide bonds. The molecule has 0 saturated carbocycles. The summed E-state index contributed by atoms with van der Waals surface area (Å²) in [5.41, 5.74) is 10.7. The Morgan fingerprint density at radius 3 is 1.79 bits per heavy atom. The monoisotopic (exact) mass is 493 g/mol. The zero-order valence-corrected chi connectivity index (χ0v) is 18.9. The molecular weight excluding hydrogens is 462 g/mol. The summed E-state index contributed by atoms with van der Waals surface area (Å²) in [5.74, 6) is -5.56. The molecule has 10 N–H and O–H groups in total. The fraction of sp³-hybridized carbons (Fsp3) is 0.667. The Hall–Kier alpha value is -2.91. The van der Waals surface area contributed by atoms with Gasteiger partial charge in [-0.15, -0.1) is 0 Å². The summed E-state index contributed by atoms with van der Waals surface area (Å²) < 4.78 is 0. The van der Waals surface area contributed by atoms with Crippen molar-refractivity contribution in [1.29, 1.82) is 0 Å². The van der Waals surface area contributed by atoms with E-state index in [4.69, 9.17) is 26.8 Å². The van der Waals surface area contributed by atoms with Crippen LogP contribution in [0.25, 0.3) is 0 Å². The lowest BCUT2D eigenvalue weighted by Crippen LogP contribution is -2.57. The van der Waals surface area contributed by atoms with Gasteiger partial charge >= 0.3 is 11.9 Å². The van der Waals surface area contributed by atoms with E-state index in [0.717, 1.165) is 0 Å². The first-order valence-corrected chi connectivity index (χ1v) is 11.3. The second-order valence-corrected chi connectivity index (χ2v) is 8.02. The fourth-order valence-electron chi connectivity index (χ4n) is 2.48. The van der Waals surface area contributed by atoms with E-state index in [2.05, 4.69) is 16.0 Å². The van der Waals surface area contributed by atoms with E-state index in [1.807, 2.05) is 0 Å². The molecule has 0 fully saturated rings. The average molecular weight is 494 g/mol. The predicted octanol–water partition coefficient (Wildman–Crippen LogP) is -3.27. The Morgan fingerprint density at radius 1 is 0.818 bits per heavy atom. The van der Waals surface area contributed by atoms with E-state index >= 15 is 0 Å². The van der Waals surface area contributed by atoms with Crippen molar-refractivity contribution in [3.63, 3.8) is 0 Å². The number of nitrogens with one attached hydrogen (secondary N) is 3. The number of carbonyl (C=O) groups excluding carboxylic acids is 4. The summed E-state index contributed by atoms with van der Waals surface area (Å²) in [6.45, 7) is -0.870. The van der Waals surface area contributed by atoms with Crippen molar-refractivity contribution in [2.45, 2.75) is 56.3 Å². The highest BCUT2D eigenvalue weighted by atomic mass is 32.2. The maximum absolute atomic E-state index is 12.8. The number of carboxylic acid groups (broad SMARTS) is 2. The summed E-state index contributed by atoms with van der Waals surface area (Å²) >= 11 is 1.35. The number of amides is 4. The molecule has 33 heavy (non-hydrogen) atoms. The second-order valence-electron chi connectivity index (χ2n) is 7.03. The first-order valence-electron chi connectivity index (χ1n) is 9.92. The van der Waals surface area contributed by atoms with Crippen molar-refractivity contribution >= 4 is 47.3 Å². The summed E-state index contributed by atoms with van der Waals surface area (Å²) in [7, 11) is 0.